The number of ether oxygens (including phenoxy) is 1. The molecular weight excluding hydrogens is 286 g/mol. The molecule has 0 fully saturated rings. The first-order valence-corrected chi connectivity index (χ1v) is 7.39. The van der Waals surface area contributed by atoms with E-state index in [0.717, 1.165) is 21.8 Å². The zero-order valence-corrected chi connectivity index (χ0v) is 12.6. The van der Waals surface area contributed by atoms with E-state index in [1.54, 1.807) is 18.3 Å². The van der Waals surface area contributed by atoms with Crippen LogP contribution in [-0.4, -0.2) is 20.3 Å². The van der Waals surface area contributed by atoms with Crippen LogP contribution in [0.15, 0.2) is 41.1 Å². The smallest absolute Gasteiger partial charge is 0.193 e. The zero-order chi connectivity index (χ0) is 14.8. The van der Waals surface area contributed by atoms with Crippen LogP contribution in [0, 0.1) is 6.92 Å². The van der Waals surface area contributed by atoms with Crippen molar-refractivity contribution >= 4 is 22.0 Å². The molecule has 3 aromatic rings. The Balaban J connectivity index is 1.83. The van der Waals surface area contributed by atoms with Crippen LogP contribution in [0.4, 0.5) is 0 Å². The summed E-state index contributed by atoms with van der Waals surface area (Å²) in [7, 11) is 0. The van der Waals surface area contributed by atoms with E-state index in [-0.39, 0.29) is 0 Å². The van der Waals surface area contributed by atoms with Crippen LogP contribution in [0.2, 0.25) is 0 Å². The maximum Gasteiger partial charge on any atom is 0.193 e. The van der Waals surface area contributed by atoms with Crippen molar-refractivity contribution in [2.45, 2.75) is 20.5 Å². The number of thiazole rings is 1. The van der Waals surface area contributed by atoms with Crippen LogP contribution >= 0.6 is 11.3 Å². The third-order valence-corrected chi connectivity index (χ3v) is 3.97. The summed E-state index contributed by atoms with van der Waals surface area (Å²) in [5.41, 5.74) is 3.26. The quantitative estimate of drug-likeness (QED) is 0.456. The summed E-state index contributed by atoms with van der Waals surface area (Å²) in [5.74, 6) is 0.696. The van der Waals surface area contributed by atoms with Gasteiger partial charge in [-0.1, -0.05) is 11.2 Å². The van der Waals surface area contributed by atoms with Gasteiger partial charge in [-0.2, -0.15) is 0 Å². The predicted molar refractivity (Wildman–Crippen MR) is 82.6 cm³/mol. The Morgan fingerprint density at radius 3 is 3.10 bits per heavy atom. The average Bonchev–Trinajstić information content (AvgIpc) is 3.05. The van der Waals surface area contributed by atoms with E-state index in [1.165, 1.54) is 0 Å². The van der Waals surface area contributed by atoms with Crippen molar-refractivity contribution in [3.63, 3.8) is 0 Å². The average molecular weight is 301 g/mol. The van der Waals surface area contributed by atoms with Crippen molar-refractivity contribution in [2.75, 3.05) is 0 Å². The molecule has 1 N–H and O–H groups in total. The summed E-state index contributed by atoms with van der Waals surface area (Å²) in [6.07, 6.45) is 3.92. The molecule has 2 aromatic heterocycles. The summed E-state index contributed by atoms with van der Waals surface area (Å²) in [6, 6.07) is 5.79. The number of rotatable bonds is 4. The molecule has 1 aromatic carbocycles. The topological polar surface area (TPSA) is 59.1 Å². The van der Waals surface area contributed by atoms with Gasteiger partial charge in [-0.05, 0) is 31.5 Å². The lowest BCUT2D eigenvalue weighted by Crippen LogP contribution is -2.03. The van der Waals surface area contributed by atoms with Gasteiger partial charge in [0, 0.05) is 23.3 Å². The van der Waals surface area contributed by atoms with Crippen molar-refractivity contribution in [2.24, 2.45) is 5.16 Å². The fraction of sp³-hybridized carbons (Fsp3) is 0.200. The monoisotopic (exact) mass is 301 g/mol. The van der Waals surface area contributed by atoms with Gasteiger partial charge in [-0.25, -0.2) is 4.98 Å². The largest absolute Gasteiger partial charge is 0.487 e. The molecular formula is C15H15N3O2S. The van der Waals surface area contributed by atoms with Crippen molar-refractivity contribution in [1.82, 2.24) is 9.38 Å². The second-order valence-corrected chi connectivity index (χ2v) is 5.67. The Morgan fingerprint density at radius 1 is 1.48 bits per heavy atom. The molecule has 2 heterocycles. The van der Waals surface area contributed by atoms with Gasteiger partial charge in [0.15, 0.2) is 4.96 Å². The highest BCUT2D eigenvalue weighted by atomic mass is 32.1. The van der Waals surface area contributed by atoms with Crippen LogP contribution in [0.1, 0.15) is 23.7 Å². The van der Waals surface area contributed by atoms with Crippen LogP contribution < -0.4 is 4.74 Å². The molecule has 3 rings (SSSR count). The van der Waals surface area contributed by atoms with Gasteiger partial charge in [0.2, 0.25) is 0 Å². The van der Waals surface area contributed by atoms with Gasteiger partial charge in [0.1, 0.15) is 12.4 Å². The summed E-state index contributed by atoms with van der Waals surface area (Å²) in [6.45, 7) is 4.11. The minimum absolute atomic E-state index is 0.379. The van der Waals surface area contributed by atoms with Crippen LogP contribution in [0.5, 0.6) is 5.75 Å². The highest BCUT2D eigenvalue weighted by Gasteiger charge is 2.09. The highest BCUT2D eigenvalue weighted by molar-refractivity contribution is 7.15. The number of imidazole rings is 1. The molecule has 0 atom stereocenters. The second-order valence-electron chi connectivity index (χ2n) is 4.80. The molecule has 0 aliphatic carbocycles. The Morgan fingerprint density at radius 2 is 2.33 bits per heavy atom. The van der Waals surface area contributed by atoms with E-state index in [0.29, 0.717) is 18.1 Å². The molecule has 0 aliphatic heterocycles. The molecule has 0 unspecified atom stereocenters. The second kappa shape index (κ2) is 5.57. The maximum atomic E-state index is 8.95. The Bertz CT molecular complexity index is 776. The van der Waals surface area contributed by atoms with E-state index in [9.17, 15) is 0 Å². The standard InChI is InChI=1S/C15H15N3O2S/c1-10-3-4-13(11(2)17-19)14(7-10)20-9-12-8-18-5-6-21-15(18)16-12/h3-8,19H,9H2,1-2H3/b17-11-. The molecule has 0 saturated heterocycles. The summed E-state index contributed by atoms with van der Waals surface area (Å²) in [4.78, 5) is 5.43. The van der Waals surface area contributed by atoms with Crippen LogP contribution in [-0.2, 0) is 6.61 Å². The fourth-order valence-electron chi connectivity index (χ4n) is 2.10. The first kappa shape index (κ1) is 13.6. The normalized spacial score (nSPS) is 12.0. The van der Waals surface area contributed by atoms with Gasteiger partial charge < -0.3 is 9.94 Å². The Kier molecular flexibility index (Phi) is 3.62. The lowest BCUT2D eigenvalue weighted by Gasteiger charge is -2.10. The van der Waals surface area contributed by atoms with Crippen molar-refractivity contribution in [3.05, 3.63) is 52.8 Å². The number of aromatic nitrogens is 2. The zero-order valence-electron chi connectivity index (χ0n) is 11.8. The molecule has 0 spiro atoms. The van der Waals surface area contributed by atoms with Gasteiger partial charge in [0.25, 0.3) is 0 Å². The number of nitrogens with zero attached hydrogens (tertiary/aromatic N) is 3. The maximum absolute atomic E-state index is 8.95. The molecule has 0 radical (unpaired) electrons. The van der Waals surface area contributed by atoms with E-state index >= 15 is 0 Å². The summed E-state index contributed by atoms with van der Waals surface area (Å²) in [5, 5.41) is 14.2. The number of hydrogen-bond donors (Lipinski definition) is 1. The van der Waals surface area contributed by atoms with E-state index in [4.69, 9.17) is 9.94 Å². The lowest BCUT2D eigenvalue weighted by atomic mass is 10.1. The fourth-order valence-corrected chi connectivity index (χ4v) is 2.82. The van der Waals surface area contributed by atoms with E-state index in [1.807, 2.05) is 47.3 Å². The lowest BCUT2D eigenvalue weighted by molar-refractivity contribution is 0.299. The SMILES string of the molecule is C/C(=N/O)c1ccc(C)cc1OCc1cn2ccsc2n1. The molecule has 108 valence electrons. The minimum atomic E-state index is 0.379. The molecule has 5 nitrogen and oxygen atoms in total. The molecule has 0 aliphatic rings. The van der Waals surface area contributed by atoms with Gasteiger partial charge in [-0.15, -0.1) is 11.3 Å². The summed E-state index contributed by atoms with van der Waals surface area (Å²) >= 11 is 1.59. The van der Waals surface area contributed by atoms with E-state index < -0.39 is 0 Å². The number of hydrogen-bond acceptors (Lipinski definition) is 5. The Hall–Kier alpha value is -2.34. The molecule has 6 heteroatoms. The van der Waals surface area contributed by atoms with Gasteiger partial charge >= 0.3 is 0 Å². The molecule has 0 amide bonds. The van der Waals surface area contributed by atoms with Gasteiger partial charge in [0.05, 0.1) is 11.4 Å². The van der Waals surface area contributed by atoms with Crippen LogP contribution in [0.3, 0.4) is 0 Å². The first-order valence-electron chi connectivity index (χ1n) is 6.51. The predicted octanol–water partition coefficient (Wildman–Crippen LogP) is 3.48. The van der Waals surface area contributed by atoms with Crippen molar-refractivity contribution in [3.8, 4) is 5.75 Å². The molecule has 0 saturated carbocycles. The summed E-state index contributed by atoms with van der Waals surface area (Å²) < 4.78 is 7.84. The number of fused-ring (bicyclic) bond motifs is 1. The third-order valence-electron chi connectivity index (χ3n) is 3.20. The van der Waals surface area contributed by atoms with E-state index in [2.05, 4.69) is 10.1 Å². The van der Waals surface area contributed by atoms with Crippen LogP contribution in [0.25, 0.3) is 4.96 Å². The number of benzene rings is 1. The van der Waals surface area contributed by atoms with Gasteiger partial charge in [-0.3, -0.25) is 4.40 Å². The first-order chi connectivity index (χ1) is 10.2. The number of aryl methyl sites for hydroxylation is 1. The van der Waals surface area contributed by atoms with Crippen molar-refractivity contribution < 1.29 is 9.94 Å². The Labute approximate surface area is 126 Å². The minimum Gasteiger partial charge on any atom is -0.487 e. The number of oxime groups is 1. The highest BCUT2D eigenvalue weighted by Crippen LogP contribution is 2.22. The van der Waals surface area contributed by atoms with Crippen molar-refractivity contribution in [1.29, 1.82) is 0 Å². The molecule has 21 heavy (non-hydrogen) atoms. The molecule has 0 bridgehead atoms. The third kappa shape index (κ3) is 2.75.